The van der Waals surface area contributed by atoms with E-state index in [1.807, 2.05) is 30.3 Å². The first-order valence-electron chi connectivity index (χ1n) is 10.2. The summed E-state index contributed by atoms with van der Waals surface area (Å²) >= 11 is 0. The molecule has 2 rings (SSSR count). The van der Waals surface area contributed by atoms with Crippen molar-refractivity contribution >= 4 is 18.3 Å². The van der Waals surface area contributed by atoms with E-state index in [1.54, 1.807) is 6.07 Å². The third-order valence-corrected chi connectivity index (χ3v) is 5.33. The highest BCUT2D eigenvalue weighted by atomic mass is 35.5. The molecule has 0 aliphatic carbocycles. The normalized spacial score (nSPS) is 12.2. The highest BCUT2D eigenvalue weighted by molar-refractivity contribution is 5.85. The molecule has 2 aromatic carbocycles. The lowest BCUT2D eigenvalue weighted by Crippen LogP contribution is -2.38. The van der Waals surface area contributed by atoms with E-state index in [0.29, 0.717) is 30.7 Å². The topological polar surface area (TPSA) is 66.6 Å². The second kappa shape index (κ2) is 11.8. The molecule has 0 aliphatic heterocycles. The number of halogens is 1. The Kier molecular flexibility index (Phi) is 10.2. The molecule has 0 heterocycles. The third kappa shape index (κ3) is 7.37. The average Bonchev–Trinajstić information content (AvgIpc) is 2.65. The van der Waals surface area contributed by atoms with Crippen molar-refractivity contribution in [3.05, 3.63) is 65.2 Å². The largest absolute Gasteiger partial charge is 0.508 e. The van der Waals surface area contributed by atoms with Crippen molar-refractivity contribution in [2.24, 2.45) is 5.73 Å². The summed E-state index contributed by atoms with van der Waals surface area (Å²) in [6.07, 6.45) is 1.82. The Hall–Kier alpha value is -2.04. The summed E-state index contributed by atoms with van der Waals surface area (Å²) in [6, 6.07) is 16.9. The van der Waals surface area contributed by atoms with Crippen LogP contribution in [0.5, 0.6) is 5.75 Å². The van der Waals surface area contributed by atoms with Crippen LogP contribution in [-0.2, 0) is 11.2 Å². The zero-order chi connectivity index (χ0) is 20.7. The number of carbonyl (C=O) groups excluding carboxylic acids is 1. The van der Waals surface area contributed by atoms with Crippen LogP contribution in [0.1, 0.15) is 63.1 Å². The molecule has 1 atom stereocenters. The van der Waals surface area contributed by atoms with Crippen LogP contribution in [0.3, 0.4) is 0 Å². The van der Waals surface area contributed by atoms with Crippen LogP contribution in [-0.4, -0.2) is 34.5 Å². The molecular weight excluding hydrogens is 384 g/mol. The van der Waals surface area contributed by atoms with Gasteiger partial charge in [-0.1, -0.05) is 42.5 Å². The van der Waals surface area contributed by atoms with Gasteiger partial charge in [0.2, 0.25) is 5.91 Å². The first kappa shape index (κ1) is 25.0. The summed E-state index contributed by atoms with van der Waals surface area (Å²) < 4.78 is 0. The maximum atomic E-state index is 11.2. The standard InChI is InChI=1S/C24H34N2O2.ClH/c1-17(2)26(18(3)4)15-14-21(20-8-6-5-7-9-20)22-16-19(10-12-23(22)27)11-13-24(25)28;/h5-10,12,16-18,21,27H,11,13-15H2,1-4H3,(H2,25,28);1H/t21-;/m1./s1. The molecule has 4 nitrogen and oxygen atoms in total. The molecule has 0 radical (unpaired) electrons. The first-order chi connectivity index (χ1) is 13.3. The van der Waals surface area contributed by atoms with Crippen LogP contribution in [0.2, 0.25) is 0 Å². The van der Waals surface area contributed by atoms with Gasteiger partial charge >= 0.3 is 0 Å². The maximum Gasteiger partial charge on any atom is 0.217 e. The van der Waals surface area contributed by atoms with E-state index < -0.39 is 0 Å². The lowest BCUT2D eigenvalue weighted by Gasteiger charge is -2.32. The molecular formula is C24H35ClN2O2. The lowest BCUT2D eigenvalue weighted by atomic mass is 9.86. The number of rotatable bonds is 10. The fourth-order valence-corrected chi connectivity index (χ4v) is 3.88. The lowest BCUT2D eigenvalue weighted by molar-refractivity contribution is -0.117. The van der Waals surface area contributed by atoms with Crippen LogP contribution >= 0.6 is 12.4 Å². The number of aromatic hydroxyl groups is 1. The Morgan fingerprint density at radius 2 is 1.66 bits per heavy atom. The van der Waals surface area contributed by atoms with Gasteiger partial charge < -0.3 is 10.8 Å². The van der Waals surface area contributed by atoms with Gasteiger partial charge in [0.05, 0.1) is 0 Å². The Morgan fingerprint density at radius 1 is 1.03 bits per heavy atom. The number of carbonyl (C=O) groups is 1. The zero-order valence-corrected chi connectivity index (χ0v) is 18.8. The second-order valence-corrected chi connectivity index (χ2v) is 8.04. The molecule has 0 bridgehead atoms. The summed E-state index contributed by atoms with van der Waals surface area (Å²) in [5, 5.41) is 10.6. The molecule has 0 fully saturated rings. The summed E-state index contributed by atoms with van der Waals surface area (Å²) in [5.74, 6) is 0.0887. The van der Waals surface area contributed by atoms with Gasteiger partial charge in [-0.2, -0.15) is 0 Å². The van der Waals surface area contributed by atoms with Crippen LogP contribution in [0, 0.1) is 0 Å². The molecule has 0 spiro atoms. The van der Waals surface area contributed by atoms with Gasteiger partial charge in [-0.25, -0.2) is 0 Å². The quantitative estimate of drug-likeness (QED) is 0.578. The summed E-state index contributed by atoms with van der Waals surface area (Å²) in [4.78, 5) is 13.6. The molecule has 2 aromatic rings. The molecule has 0 aliphatic rings. The number of nitrogens with two attached hydrogens (primary N) is 1. The molecule has 5 heteroatoms. The van der Waals surface area contributed by atoms with Gasteiger partial charge in [0.25, 0.3) is 0 Å². The molecule has 0 aromatic heterocycles. The van der Waals surface area contributed by atoms with Crippen LogP contribution in [0.4, 0.5) is 0 Å². The summed E-state index contributed by atoms with van der Waals surface area (Å²) in [7, 11) is 0. The van der Waals surface area contributed by atoms with Crippen molar-refractivity contribution in [3.63, 3.8) is 0 Å². The van der Waals surface area contributed by atoms with E-state index in [1.165, 1.54) is 5.56 Å². The maximum absolute atomic E-state index is 11.2. The fraction of sp³-hybridized carbons (Fsp3) is 0.458. The number of aryl methyl sites for hydroxylation is 1. The fourth-order valence-electron chi connectivity index (χ4n) is 3.88. The van der Waals surface area contributed by atoms with Gasteiger partial charge in [-0.3, -0.25) is 9.69 Å². The van der Waals surface area contributed by atoms with Crippen LogP contribution in [0.15, 0.2) is 48.5 Å². The number of hydrogen-bond acceptors (Lipinski definition) is 3. The number of benzene rings is 2. The Labute approximate surface area is 181 Å². The minimum atomic E-state index is -0.307. The number of amides is 1. The van der Waals surface area contributed by atoms with E-state index in [0.717, 1.165) is 24.1 Å². The Morgan fingerprint density at radius 3 is 2.21 bits per heavy atom. The van der Waals surface area contributed by atoms with Crippen molar-refractivity contribution in [1.29, 1.82) is 0 Å². The number of phenolic OH excluding ortho intramolecular Hbond substituents is 1. The van der Waals surface area contributed by atoms with E-state index in [2.05, 4.69) is 44.7 Å². The van der Waals surface area contributed by atoms with Crippen molar-refractivity contribution in [2.45, 2.75) is 65.0 Å². The molecule has 160 valence electrons. The highest BCUT2D eigenvalue weighted by Crippen LogP contribution is 2.35. The van der Waals surface area contributed by atoms with Crippen molar-refractivity contribution in [2.75, 3.05) is 6.54 Å². The number of phenols is 1. The molecule has 0 unspecified atom stereocenters. The molecule has 3 N–H and O–H groups in total. The van der Waals surface area contributed by atoms with Crippen LogP contribution < -0.4 is 5.73 Å². The minimum Gasteiger partial charge on any atom is -0.508 e. The predicted octanol–water partition coefficient (Wildman–Crippen LogP) is 4.87. The summed E-state index contributed by atoms with van der Waals surface area (Å²) in [6.45, 7) is 9.83. The monoisotopic (exact) mass is 418 g/mol. The molecule has 0 saturated carbocycles. The molecule has 0 saturated heterocycles. The Bertz CT molecular complexity index is 755. The van der Waals surface area contributed by atoms with E-state index in [4.69, 9.17) is 5.73 Å². The zero-order valence-electron chi connectivity index (χ0n) is 18.0. The van der Waals surface area contributed by atoms with Gasteiger partial charge in [-0.15, -0.1) is 12.4 Å². The Balaban J connectivity index is 0.00000420. The number of hydrogen-bond donors (Lipinski definition) is 2. The highest BCUT2D eigenvalue weighted by Gasteiger charge is 2.21. The van der Waals surface area contributed by atoms with Crippen LogP contribution in [0.25, 0.3) is 0 Å². The smallest absolute Gasteiger partial charge is 0.217 e. The van der Waals surface area contributed by atoms with E-state index >= 15 is 0 Å². The first-order valence-corrected chi connectivity index (χ1v) is 10.2. The van der Waals surface area contributed by atoms with Gasteiger partial charge in [0.15, 0.2) is 0 Å². The van der Waals surface area contributed by atoms with Gasteiger partial charge in [0, 0.05) is 30.0 Å². The van der Waals surface area contributed by atoms with Crippen molar-refractivity contribution in [3.8, 4) is 5.75 Å². The average molecular weight is 419 g/mol. The SMILES string of the molecule is CC(C)N(CC[C@H](c1ccccc1)c1cc(CCC(N)=O)ccc1O)C(C)C.Cl. The van der Waals surface area contributed by atoms with Crippen molar-refractivity contribution < 1.29 is 9.90 Å². The number of primary amides is 1. The third-order valence-electron chi connectivity index (χ3n) is 5.33. The summed E-state index contributed by atoms with van der Waals surface area (Å²) in [5.41, 5.74) is 8.44. The molecule has 29 heavy (non-hydrogen) atoms. The predicted molar refractivity (Wildman–Crippen MR) is 123 cm³/mol. The van der Waals surface area contributed by atoms with E-state index in [-0.39, 0.29) is 24.2 Å². The number of nitrogens with zero attached hydrogens (tertiary/aromatic N) is 1. The van der Waals surface area contributed by atoms with E-state index in [9.17, 15) is 9.90 Å². The molecule has 1 amide bonds. The second-order valence-electron chi connectivity index (χ2n) is 8.04. The minimum absolute atomic E-state index is 0. The van der Waals surface area contributed by atoms with Gasteiger partial charge in [-0.05, 0) is 64.3 Å². The van der Waals surface area contributed by atoms with Gasteiger partial charge in [0.1, 0.15) is 5.75 Å². The van der Waals surface area contributed by atoms with Crippen molar-refractivity contribution in [1.82, 2.24) is 4.90 Å².